The molecule has 10 heteroatoms. The summed E-state index contributed by atoms with van der Waals surface area (Å²) in [7, 11) is 2.14. The number of nitrogens with zero attached hydrogens (tertiary/aromatic N) is 5. The van der Waals surface area contributed by atoms with Gasteiger partial charge >= 0.3 is 0 Å². The molecule has 0 aliphatic carbocycles. The lowest BCUT2D eigenvalue weighted by Crippen LogP contribution is -2.45. The van der Waals surface area contributed by atoms with Crippen LogP contribution in [0.4, 0.5) is 23.5 Å². The van der Waals surface area contributed by atoms with E-state index in [9.17, 15) is 0 Å². The number of para-hydroxylation sites is 1. The van der Waals surface area contributed by atoms with Gasteiger partial charge in [0.1, 0.15) is 0 Å². The number of hydrogen-bond donors (Lipinski definition) is 3. The molecule has 1 unspecified atom stereocenters. The van der Waals surface area contributed by atoms with Gasteiger partial charge in [-0.05, 0) is 30.6 Å². The van der Waals surface area contributed by atoms with Crippen LogP contribution in [0, 0.1) is 0 Å². The van der Waals surface area contributed by atoms with Crippen molar-refractivity contribution < 1.29 is 0 Å². The quantitative estimate of drug-likeness (QED) is 0.521. The Bertz CT molecular complexity index is 1030. The minimum absolute atomic E-state index is 0.0376. The number of piperazine rings is 1. The van der Waals surface area contributed by atoms with E-state index in [0.29, 0.717) is 17.8 Å². The second-order valence-corrected chi connectivity index (χ2v) is 9.45. The van der Waals surface area contributed by atoms with Gasteiger partial charge in [0.25, 0.3) is 0 Å². The fraction of sp³-hybridized carbons (Fsp3) is 0.286. The summed E-state index contributed by atoms with van der Waals surface area (Å²) in [5.41, 5.74) is 0.906. The van der Waals surface area contributed by atoms with Crippen LogP contribution in [0.5, 0.6) is 0 Å². The van der Waals surface area contributed by atoms with Gasteiger partial charge in [0.15, 0.2) is 5.50 Å². The molecule has 3 aromatic rings. The third kappa shape index (κ3) is 4.92. The molecule has 2 aromatic heterocycles. The molecule has 1 saturated heterocycles. The number of thiophene rings is 1. The normalized spacial score (nSPS) is 19.1. The van der Waals surface area contributed by atoms with Crippen molar-refractivity contribution in [2.75, 3.05) is 48.8 Å². The van der Waals surface area contributed by atoms with Crippen LogP contribution in [-0.4, -0.2) is 58.6 Å². The van der Waals surface area contributed by atoms with Crippen LogP contribution < -0.4 is 20.9 Å². The third-order valence-electron chi connectivity index (χ3n) is 5.07. The van der Waals surface area contributed by atoms with E-state index in [4.69, 9.17) is 9.97 Å². The van der Waals surface area contributed by atoms with Gasteiger partial charge in [0.2, 0.25) is 17.8 Å². The van der Waals surface area contributed by atoms with Crippen molar-refractivity contribution in [3.63, 3.8) is 0 Å². The predicted molar refractivity (Wildman–Crippen MR) is 130 cm³/mol. The van der Waals surface area contributed by atoms with E-state index < -0.39 is 0 Å². The number of anilines is 4. The van der Waals surface area contributed by atoms with Crippen LogP contribution in [0.1, 0.15) is 4.88 Å². The molecule has 0 saturated carbocycles. The summed E-state index contributed by atoms with van der Waals surface area (Å²) in [6.45, 7) is 3.77. The largest absolute Gasteiger partial charge is 0.362 e. The molecule has 1 atom stereocenters. The predicted octanol–water partition coefficient (Wildman–Crippen LogP) is 3.46. The van der Waals surface area contributed by atoms with Gasteiger partial charge in [0.05, 0.1) is 0 Å². The topological polar surface area (TPSA) is 81.2 Å². The smallest absolute Gasteiger partial charge is 0.233 e. The van der Waals surface area contributed by atoms with Gasteiger partial charge in [-0.1, -0.05) is 36.0 Å². The maximum atomic E-state index is 4.74. The van der Waals surface area contributed by atoms with Gasteiger partial charge in [-0.15, -0.1) is 11.3 Å². The van der Waals surface area contributed by atoms with Crippen molar-refractivity contribution >= 4 is 51.5 Å². The van der Waals surface area contributed by atoms with Crippen molar-refractivity contribution in [3.05, 3.63) is 58.9 Å². The molecule has 0 amide bonds. The number of likely N-dealkylation sites (N-methyl/N-ethyl adjacent to an activating group) is 1. The van der Waals surface area contributed by atoms with Crippen molar-refractivity contribution in [1.82, 2.24) is 25.2 Å². The first kappa shape index (κ1) is 20.1. The van der Waals surface area contributed by atoms with Gasteiger partial charge in [-0.2, -0.15) is 15.0 Å². The number of thioether (sulfide) groups is 1. The Morgan fingerprint density at radius 1 is 0.968 bits per heavy atom. The summed E-state index contributed by atoms with van der Waals surface area (Å²) in [6.07, 6.45) is 2.04. The van der Waals surface area contributed by atoms with Crippen LogP contribution >= 0.6 is 23.1 Å². The highest BCUT2D eigenvalue weighted by atomic mass is 32.2. The fourth-order valence-corrected chi connectivity index (χ4v) is 5.17. The van der Waals surface area contributed by atoms with Gasteiger partial charge in [-0.3, -0.25) is 0 Å². The van der Waals surface area contributed by atoms with E-state index >= 15 is 0 Å². The fourth-order valence-electron chi connectivity index (χ4n) is 3.37. The zero-order valence-electron chi connectivity index (χ0n) is 17.2. The SMILES string of the molecule is CN1CCN(c2nc(Nc3ccccc3)nc(NC3NC=C(c4cccs4)S3)n2)CC1. The molecule has 0 radical (unpaired) electrons. The summed E-state index contributed by atoms with van der Waals surface area (Å²) in [5.74, 6) is 1.78. The van der Waals surface area contributed by atoms with E-state index in [2.05, 4.69) is 55.3 Å². The van der Waals surface area contributed by atoms with E-state index in [1.54, 1.807) is 23.1 Å². The molecule has 31 heavy (non-hydrogen) atoms. The minimum atomic E-state index is -0.0376. The van der Waals surface area contributed by atoms with Crippen molar-refractivity contribution in [2.24, 2.45) is 0 Å². The number of nitrogens with one attached hydrogen (secondary N) is 3. The molecule has 5 rings (SSSR count). The van der Waals surface area contributed by atoms with Crippen LogP contribution in [-0.2, 0) is 0 Å². The average Bonchev–Trinajstić information content (AvgIpc) is 3.47. The highest BCUT2D eigenvalue weighted by molar-refractivity contribution is 8.09. The molecule has 0 bridgehead atoms. The Morgan fingerprint density at radius 3 is 2.55 bits per heavy atom. The molecule has 1 fully saturated rings. The van der Waals surface area contributed by atoms with Gasteiger partial charge in [-0.25, -0.2) is 0 Å². The van der Waals surface area contributed by atoms with Crippen LogP contribution in [0.2, 0.25) is 0 Å². The summed E-state index contributed by atoms with van der Waals surface area (Å²) in [6, 6.07) is 14.2. The Hall–Kier alpha value is -2.82. The van der Waals surface area contributed by atoms with Crippen molar-refractivity contribution in [1.29, 1.82) is 0 Å². The molecule has 2 aliphatic rings. The first-order valence-corrected chi connectivity index (χ1v) is 11.9. The molecular formula is C21H24N8S2. The molecule has 1 aromatic carbocycles. The summed E-state index contributed by atoms with van der Waals surface area (Å²) in [4.78, 5) is 21.1. The van der Waals surface area contributed by atoms with Crippen LogP contribution in [0.15, 0.2) is 54.0 Å². The minimum Gasteiger partial charge on any atom is -0.362 e. The van der Waals surface area contributed by atoms with E-state index in [-0.39, 0.29) is 5.50 Å². The van der Waals surface area contributed by atoms with Gasteiger partial charge in [0, 0.05) is 47.8 Å². The maximum Gasteiger partial charge on any atom is 0.233 e. The maximum absolute atomic E-state index is 4.74. The first-order chi connectivity index (χ1) is 15.2. The average molecular weight is 453 g/mol. The number of benzene rings is 1. The Balaban J connectivity index is 1.35. The zero-order valence-corrected chi connectivity index (χ0v) is 18.8. The number of hydrogen-bond acceptors (Lipinski definition) is 10. The Kier molecular flexibility index (Phi) is 5.92. The van der Waals surface area contributed by atoms with Crippen molar-refractivity contribution in [2.45, 2.75) is 5.50 Å². The molecule has 4 heterocycles. The molecule has 8 nitrogen and oxygen atoms in total. The van der Waals surface area contributed by atoms with E-state index in [0.717, 1.165) is 31.9 Å². The summed E-state index contributed by atoms with van der Waals surface area (Å²) < 4.78 is 0. The zero-order chi connectivity index (χ0) is 21.0. The molecule has 0 spiro atoms. The van der Waals surface area contributed by atoms with E-state index in [1.807, 2.05) is 36.5 Å². The lowest BCUT2D eigenvalue weighted by molar-refractivity contribution is 0.311. The summed E-state index contributed by atoms with van der Waals surface area (Å²) in [5, 5.41) is 12.2. The molecule has 2 aliphatic heterocycles. The lowest BCUT2D eigenvalue weighted by Gasteiger charge is -2.32. The first-order valence-electron chi connectivity index (χ1n) is 10.2. The molecule has 160 valence electrons. The summed E-state index contributed by atoms with van der Waals surface area (Å²) >= 11 is 3.46. The standard InChI is InChI=1S/C21H24N8S2/c1-28-9-11-29(12-10-28)20-25-18(23-15-6-3-2-4-7-15)24-19(26-20)27-21-22-14-17(31-21)16-8-5-13-30-16/h2-8,13-14,21-22H,9-12H2,1H3,(H2,23,24,25,26,27). The Morgan fingerprint density at radius 2 is 1.77 bits per heavy atom. The number of rotatable bonds is 6. The molecule has 3 N–H and O–H groups in total. The highest BCUT2D eigenvalue weighted by Gasteiger charge is 2.22. The molecular weight excluding hydrogens is 428 g/mol. The second kappa shape index (κ2) is 9.13. The van der Waals surface area contributed by atoms with Gasteiger partial charge < -0.3 is 25.8 Å². The van der Waals surface area contributed by atoms with Crippen molar-refractivity contribution in [3.8, 4) is 0 Å². The number of aromatic nitrogens is 3. The third-order valence-corrected chi connectivity index (χ3v) is 7.19. The van der Waals surface area contributed by atoms with E-state index in [1.165, 1.54) is 9.78 Å². The second-order valence-electron chi connectivity index (χ2n) is 7.36. The van der Waals surface area contributed by atoms with Crippen LogP contribution in [0.3, 0.4) is 0 Å². The highest BCUT2D eigenvalue weighted by Crippen LogP contribution is 2.36. The monoisotopic (exact) mass is 452 g/mol. The lowest BCUT2D eigenvalue weighted by atomic mass is 10.3. The van der Waals surface area contributed by atoms with Crippen LogP contribution in [0.25, 0.3) is 4.91 Å². The Labute approximate surface area is 189 Å².